The number of benzene rings is 8. The summed E-state index contributed by atoms with van der Waals surface area (Å²) in [5.74, 6) is 0. The molecular formula is C49H41N. The highest BCUT2D eigenvalue weighted by molar-refractivity contribution is 6.17. The van der Waals surface area contributed by atoms with Crippen LogP contribution in [0.1, 0.15) is 55.5 Å². The first kappa shape index (κ1) is 30.4. The maximum atomic E-state index is 2.52. The van der Waals surface area contributed by atoms with Gasteiger partial charge in [0.1, 0.15) is 0 Å². The molecule has 10 rings (SSSR count). The molecule has 0 saturated carbocycles. The summed E-state index contributed by atoms with van der Waals surface area (Å²) in [6, 6.07) is 54.3. The van der Waals surface area contributed by atoms with Crippen LogP contribution in [0.4, 0.5) is 17.1 Å². The van der Waals surface area contributed by atoms with E-state index in [0.29, 0.717) is 0 Å². The minimum Gasteiger partial charge on any atom is -0.309 e. The van der Waals surface area contributed by atoms with Crippen molar-refractivity contribution in [3.05, 3.63) is 173 Å². The molecule has 0 N–H and O–H groups in total. The first-order valence-electron chi connectivity index (χ1n) is 18.1. The lowest BCUT2D eigenvalue weighted by molar-refractivity contribution is 0.655. The standard InChI is InChI=1S/C47H35N.C2H6/c1-29-21-22-34-31(25-29)26-41-36(34)23-24-40-45-39-20-12-11-19-38(39)44(28-42(45)47(2,3)46(40)41)48(32-14-5-4-6-15-32)43-27-30-13-7-8-16-33(30)35-17-9-10-18-37(35)43;1-2/h4-25,27-28H,26H2,1-3H3;1-2H3. The summed E-state index contributed by atoms with van der Waals surface area (Å²) < 4.78 is 0. The van der Waals surface area contributed by atoms with E-state index in [4.69, 9.17) is 0 Å². The maximum absolute atomic E-state index is 2.52. The van der Waals surface area contributed by atoms with Gasteiger partial charge in [0.25, 0.3) is 0 Å². The van der Waals surface area contributed by atoms with Crippen LogP contribution in [0, 0.1) is 6.92 Å². The van der Waals surface area contributed by atoms with Crippen LogP contribution in [0.3, 0.4) is 0 Å². The summed E-state index contributed by atoms with van der Waals surface area (Å²) in [5.41, 5.74) is 16.2. The van der Waals surface area contributed by atoms with Gasteiger partial charge in [-0.05, 0) is 104 Å². The monoisotopic (exact) mass is 643 g/mol. The fraction of sp³-hybridized carbons (Fsp3) is 0.143. The summed E-state index contributed by atoms with van der Waals surface area (Å²) in [4.78, 5) is 2.51. The van der Waals surface area contributed by atoms with E-state index in [0.717, 1.165) is 12.1 Å². The van der Waals surface area contributed by atoms with E-state index >= 15 is 0 Å². The highest BCUT2D eigenvalue weighted by Gasteiger charge is 2.41. The summed E-state index contributed by atoms with van der Waals surface area (Å²) in [5, 5.41) is 7.63. The second-order valence-electron chi connectivity index (χ2n) is 14.2. The Morgan fingerprint density at radius 2 is 1.10 bits per heavy atom. The Labute approximate surface area is 295 Å². The van der Waals surface area contributed by atoms with Gasteiger partial charge in [-0.3, -0.25) is 0 Å². The predicted molar refractivity (Wildman–Crippen MR) is 216 cm³/mol. The van der Waals surface area contributed by atoms with Gasteiger partial charge in [-0.1, -0.05) is 155 Å². The molecule has 0 bridgehead atoms. The summed E-state index contributed by atoms with van der Waals surface area (Å²) in [6.07, 6.45) is 0.997. The number of rotatable bonds is 3. The second-order valence-corrected chi connectivity index (χ2v) is 14.2. The van der Waals surface area contributed by atoms with E-state index in [9.17, 15) is 0 Å². The third-order valence-electron chi connectivity index (χ3n) is 11.1. The highest BCUT2D eigenvalue weighted by atomic mass is 15.1. The van der Waals surface area contributed by atoms with E-state index in [-0.39, 0.29) is 5.41 Å². The predicted octanol–water partition coefficient (Wildman–Crippen LogP) is 13.8. The number of fused-ring (bicyclic) bond motifs is 12. The van der Waals surface area contributed by atoms with Crippen molar-refractivity contribution < 1.29 is 0 Å². The van der Waals surface area contributed by atoms with Crippen LogP contribution >= 0.6 is 0 Å². The van der Waals surface area contributed by atoms with Crippen LogP contribution in [-0.4, -0.2) is 0 Å². The summed E-state index contributed by atoms with van der Waals surface area (Å²) in [6.45, 7) is 11.1. The molecule has 1 nitrogen and oxygen atoms in total. The van der Waals surface area contributed by atoms with Crippen LogP contribution in [0.5, 0.6) is 0 Å². The molecule has 0 heterocycles. The molecule has 0 fully saturated rings. The van der Waals surface area contributed by atoms with Gasteiger partial charge in [-0.15, -0.1) is 0 Å². The molecule has 0 aliphatic heterocycles. The Kier molecular flexibility index (Phi) is 6.97. The van der Waals surface area contributed by atoms with Crippen LogP contribution in [0.2, 0.25) is 0 Å². The van der Waals surface area contributed by atoms with E-state index in [1.54, 1.807) is 0 Å². The van der Waals surface area contributed by atoms with Gasteiger partial charge in [0.2, 0.25) is 0 Å². The van der Waals surface area contributed by atoms with Crippen LogP contribution in [0.25, 0.3) is 54.6 Å². The molecule has 0 unspecified atom stereocenters. The smallest absolute Gasteiger partial charge is 0.0546 e. The molecule has 50 heavy (non-hydrogen) atoms. The molecule has 8 aromatic carbocycles. The van der Waals surface area contributed by atoms with E-state index < -0.39 is 0 Å². The number of nitrogens with zero attached hydrogens (tertiary/aromatic N) is 1. The van der Waals surface area contributed by atoms with Gasteiger partial charge >= 0.3 is 0 Å². The number of hydrogen-bond donors (Lipinski definition) is 0. The van der Waals surface area contributed by atoms with Crippen molar-refractivity contribution in [3.8, 4) is 22.3 Å². The zero-order chi connectivity index (χ0) is 34.1. The SMILES string of the molecule is CC.Cc1ccc2c(c1)Cc1c-2ccc2c1C(C)(C)c1cc(N(c3ccccc3)c3cc4ccccc4c4ccccc34)c3ccccc3c1-2. The first-order chi connectivity index (χ1) is 24.5. The summed E-state index contributed by atoms with van der Waals surface area (Å²) in [7, 11) is 0. The molecular weight excluding hydrogens is 603 g/mol. The van der Waals surface area contributed by atoms with Crippen LogP contribution in [0.15, 0.2) is 146 Å². The lowest BCUT2D eigenvalue weighted by atomic mass is 9.78. The van der Waals surface area contributed by atoms with Crippen molar-refractivity contribution in [1.29, 1.82) is 0 Å². The van der Waals surface area contributed by atoms with Crippen molar-refractivity contribution in [1.82, 2.24) is 0 Å². The quantitative estimate of drug-likeness (QED) is 0.173. The molecule has 242 valence electrons. The van der Waals surface area contributed by atoms with Crippen molar-refractivity contribution in [2.75, 3.05) is 4.90 Å². The van der Waals surface area contributed by atoms with Gasteiger partial charge in [-0.2, -0.15) is 0 Å². The van der Waals surface area contributed by atoms with E-state index in [1.165, 1.54) is 93.8 Å². The average molecular weight is 644 g/mol. The second kappa shape index (κ2) is 11.5. The Morgan fingerprint density at radius 1 is 0.520 bits per heavy atom. The molecule has 1 heteroatoms. The van der Waals surface area contributed by atoms with Gasteiger partial charge in [-0.25, -0.2) is 0 Å². The van der Waals surface area contributed by atoms with Crippen molar-refractivity contribution >= 4 is 49.4 Å². The molecule has 0 saturated heterocycles. The Balaban J connectivity index is 0.00000165. The fourth-order valence-corrected chi connectivity index (χ4v) is 8.99. The van der Waals surface area contributed by atoms with E-state index in [1.807, 2.05) is 13.8 Å². The van der Waals surface area contributed by atoms with Gasteiger partial charge in [0.15, 0.2) is 0 Å². The van der Waals surface area contributed by atoms with Crippen LogP contribution < -0.4 is 4.90 Å². The normalized spacial score (nSPS) is 13.4. The summed E-state index contributed by atoms with van der Waals surface area (Å²) >= 11 is 0. The minimum atomic E-state index is -0.167. The van der Waals surface area contributed by atoms with Crippen molar-refractivity contribution in [2.45, 2.75) is 46.5 Å². The molecule has 0 aromatic heterocycles. The van der Waals surface area contributed by atoms with E-state index in [2.05, 4.69) is 171 Å². The zero-order valence-electron chi connectivity index (χ0n) is 29.5. The molecule has 0 radical (unpaired) electrons. The zero-order valence-corrected chi connectivity index (χ0v) is 29.5. The third-order valence-corrected chi connectivity index (χ3v) is 11.1. The van der Waals surface area contributed by atoms with Crippen molar-refractivity contribution in [2.24, 2.45) is 0 Å². The number of anilines is 3. The lowest BCUT2D eigenvalue weighted by Crippen LogP contribution is -2.18. The molecule has 2 aliphatic carbocycles. The van der Waals surface area contributed by atoms with Gasteiger partial charge < -0.3 is 4.90 Å². The van der Waals surface area contributed by atoms with Gasteiger partial charge in [0.05, 0.1) is 11.4 Å². The Morgan fingerprint density at radius 3 is 1.86 bits per heavy atom. The molecule has 0 spiro atoms. The Bertz CT molecular complexity index is 2620. The van der Waals surface area contributed by atoms with Crippen LogP contribution in [-0.2, 0) is 11.8 Å². The average Bonchev–Trinajstić information content (AvgIpc) is 3.64. The molecule has 2 aliphatic rings. The van der Waals surface area contributed by atoms with Crippen molar-refractivity contribution in [3.63, 3.8) is 0 Å². The minimum absolute atomic E-state index is 0.167. The Hall–Kier alpha value is -5.66. The third kappa shape index (κ3) is 4.33. The maximum Gasteiger partial charge on any atom is 0.0546 e. The fourth-order valence-electron chi connectivity index (χ4n) is 8.99. The molecule has 8 aromatic rings. The topological polar surface area (TPSA) is 3.24 Å². The lowest BCUT2D eigenvalue weighted by Gasteiger charge is -2.31. The number of hydrogen-bond acceptors (Lipinski definition) is 1. The molecule has 0 amide bonds. The molecule has 0 atom stereocenters. The van der Waals surface area contributed by atoms with Gasteiger partial charge in [0, 0.05) is 21.9 Å². The number of aryl methyl sites for hydroxylation is 1. The largest absolute Gasteiger partial charge is 0.309 e. The highest BCUT2D eigenvalue weighted by Crippen LogP contribution is 2.58. The number of para-hydroxylation sites is 1. The first-order valence-corrected chi connectivity index (χ1v) is 18.1.